The Labute approximate surface area is 129 Å². The Kier molecular flexibility index (Phi) is 3.57. The van der Waals surface area contributed by atoms with Crippen molar-refractivity contribution in [1.82, 2.24) is 0 Å². The van der Waals surface area contributed by atoms with Crippen molar-refractivity contribution in [2.24, 2.45) is 0 Å². The molecule has 0 aromatic heterocycles. The van der Waals surface area contributed by atoms with E-state index in [-0.39, 0.29) is 11.6 Å². The van der Waals surface area contributed by atoms with E-state index in [1.165, 1.54) is 0 Å². The van der Waals surface area contributed by atoms with Crippen LogP contribution in [0.1, 0.15) is 57.5 Å². The van der Waals surface area contributed by atoms with Gasteiger partial charge < -0.3 is 4.74 Å². The van der Waals surface area contributed by atoms with E-state index in [0.717, 1.165) is 5.56 Å². The van der Waals surface area contributed by atoms with E-state index in [4.69, 9.17) is 4.74 Å². The van der Waals surface area contributed by atoms with Crippen molar-refractivity contribution in [2.45, 2.75) is 25.7 Å². The van der Waals surface area contributed by atoms with Crippen LogP contribution in [0.15, 0.2) is 42.5 Å². The summed E-state index contributed by atoms with van der Waals surface area (Å²) in [5.74, 6) is -0.109. The molecule has 0 unspecified atom stereocenters. The first-order chi connectivity index (χ1) is 10.5. The van der Waals surface area contributed by atoms with Gasteiger partial charge in [0, 0.05) is 16.7 Å². The van der Waals surface area contributed by atoms with Gasteiger partial charge in [0.15, 0.2) is 11.6 Å². The average molecular weight is 294 g/mol. The van der Waals surface area contributed by atoms with Gasteiger partial charge >= 0.3 is 0 Å². The topological polar surface area (TPSA) is 43.4 Å². The minimum Gasteiger partial charge on any atom is -0.496 e. The predicted octanol–water partition coefficient (Wildman–Crippen LogP) is 3.98. The number of benzene rings is 2. The summed E-state index contributed by atoms with van der Waals surface area (Å²) in [6.45, 7) is 4.19. The Balaban J connectivity index is 2.10. The zero-order valence-electron chi connectivity index (χ0n) is 12.9. The van der Waals surface area contributed by atoms with Gasteiger partial charge in [-0.15, -0.1) is 0 Å². The molecule has 0 aliphatic heterocycles. The minimum absolute atomic E-state index is 0.142. The largest absolute Gasteiger partial charge is 0.496 e. The van der Waals surface area contributed by atoms with Crippen LogP contribution in [-0.4, -0.2) is 18.7 Å². The van der Waals surface area contributed by atoms with Crippen molar-refractivity contribution in [3.63, 3.8) is 0 Å². The molecule has 0 heterocycles. The Hall–Kier alpha value is -2.42. The lowest BCUT2D eigenvalue weighted by Gasteiger charge is -2.15. The Morgan fingerprint density at radius 3 is 2.05 bits per heavy atom. The number of Topliss-reactive ketones (excluding diaryl/α,β-unsaturated/α-hetero) is 2. The second-order valence-electron chi connectivity index (χ2n) is 5.86. The van der Waals surface area contributed by atoms with Crippen LogP contribution in [0.5, 0.6) is 5.75 Å². The van der Waals surface area contributed by atoms with Gasteiger partial charge in [-0.05, 0) is 17.5 Å². The molecule has 0 spiro atoms. The summed E-state index contributed by atoms with van der Waals surface area (Å²) in [6.07, 6.45) is 0. The highest BCUT2D eigenvalue weighted by molar-refractivity contribution is 6.29. The third-order valence-electron chi connectivity index (χ3n) is 4.22. The molecule has 3 nitrogen and oxygen atoms in total. The summed E-state index contributed by atoms with van der Waals surface area (Å²) in [5.41, 5.74) is 2.79. The molecule has 112 valence electrons. The van der Waals surface area contributed by atoms with Crippen LogP contribution < -0.4 is 4.74 Å². The maximum absolute atomic E-state index is 12.6. The van der Waals surface area contributed by atoms with Gasteiger partial charge in [0.25, 0.3) is 0 Å². The summed E-state index contributed by atoms with van der Waals surface area (Å²) < 4.78 is 5.44. The number of fused-ring (bicyclic) bond motifs is 1. The smallest absolute Gasteiger partial charge is 0.178 e. The number of ketones is 2. The second kappa shape index (κ2) is 5.41. The third kappa shape index (κ3) is 2.13. The lowest BCUT2D eigenvalue weighted by molar-refractivity contribution is 0.0888. The molecule has 3 rings (SSSR count). The molecule has 0 bridgehead atoms. The molecule has 0 saturated carbocycles. The Bertz CT molecular complexity index is 724. The van der Waals surface area contributed by atoms with Gasteiger partial charge in [-0.1, -0.05) is 50.2 Å². The van der Waals surface area contributed by atoms with E-state index < -0.39 is 5.92 Å². The molecule has 0 N–H and O–H groups in total. The minimum atomic E-state index is -0.784. The molecule has 22 heavy (non-hydrogen) atoms. The molecular weight excluding hydrogens is 276 g/mol. The van der Waals surface area contributed by atoms with Gasteiger partial charge in [-0.2, -0.15) is 0 Å². The molecule has 2 aromatic carbocycles. The van der Waals surface area contributed by atoms with E-state index >= 15 is 0 Å². The standard InChI is InChI=1S/C19H18O3/c1-11(2)12-8-9-15(16(10-12)22-3)17-18(20)13-6-4-5-7-14(13)19(17)21/h4-11,17H,1-3H3. The summed E-state index contributed by atoms with van der Waals surface area (Å²) in [5, 5.41) is 0. The Morgan fingerprint density at radius 2 is 1.55 bits per heavy atom. The van der Waals surface area contributed by atoms with E-state index in [9.17, 15) is 9.59 Å². The van der Waals surface area contributed by atoms with Crippen LogP contribution in [0.25, 0.3) is 0 Å². The van der Waals surface area contributed by atoms with Gasteiger partial charge in [-0.3, -0.25) is 9.59 Å². The van der Waals surface area contributed by atoms with E-state index in [1.54, 1.807) is 31.4 Å². The van der Waals surface area contributed by atoms with Gasteiger partial charge in [0.2, 0.25) is 0 Å². The van der Waals surface area contributed by atoms with Crippen LogP contribution in [-0.2, 0) is 0 Å². The molecule has 3 heteroatoms. The summed E-state index contributed by atoms with van der Waals surface area (Å²) in [4.78, 5) is 25.2. The summed E-state index contributed by atoms with van der Waals surface area (Å²) >= 11 is 0. The van der Waals surface area contributed by atoms with E-state index in [0.29, 0.717) is 28.4 Å². The number of hydrogen-bond acceptors (Lipinski definition) is 3. The SMILES string of the molecule is COc1cc(C(C)C)ccc1C1C(=O)c2ccccc2C1=O. The fourth-order valence-corrected chi connectivity index (χ4v) is 2.95. The maximum atomic E-state index is 12.6. The molecule has 0 saturated heterocycles. The number of carbonyl (C=O) groups excluding carboxylic acids is 2. The summed E-state index contributed by atoms with van der Waals surface area (Å²) in [7, 11) is 1.57. The first-order valence-corrected chi connectivity index (χ1v) is 7.40. The van der Waals surface area contributed by atoms with Gasteiger partial charge in [-0.25, -0.2) is 0 Å². The molecule has 0 radical (unpaired) electrons. The van der Waals surface area contributed by atoms with Gasteiger partial charge in [0.1, 0.15) is 11.7 Å². The quantitative estimate of drug-likeness (QED) is 0.804. The first-order valence-electron chi connectivity index (χ1n) is 7.40. The van der Waals surface area contributed by atoms with Crippen molar-refractivity contribution >= 4 is 11.6 Å². The van der Waals surface area contributed by atoms with Gasteiger partial charge in [0.05, 0.1) is 7.11 Å². The number of rotatable bonds is 3. The number of hydrogen-bond donors (Lipinski definition) is 0. The lowest BCUT2D eigenvalue weighted by atomic mass is 9.91. The predicted molar refractivity (Wildman–Crippen MR) is 84.9 cm³/mol. The fraction of sp³-hybridized carbons (Fsp3) is 0.263. The van der Waals surface area contributed by atoms with Crippen LogP contribution in [0.2, 0.25) is 0 Å². The van der Waals surface area contributed by atoms with Crippen molar-refractivity contribution in [3.8, 4) is 5.75 Å². The number of methoxy groups -OCH3 is 1. The third-order valence-corrected chi connectivity index (χ3v) is 4.22. The molecular formula is C19H18O3. The van der Waals surface area contributed by atoms with Crippen LogP contribution in [0.4, 0.5) is 0 Å². The van der Waals surface area contributed by atoms with Crippen molar-refractivity contribution in [1.29, 1.82) is 0 Å². The number of ether oxygens (including phenoxy) is 1. The molecule has 0 amide bonds. The second-order valence-corrected chi connectivity index (χ2v) is 5.86. The van der Waals surface area contributed by atoms with Crippen LogP contribution in [0.3, 0.4) is 0 Å². The van der Waals surface area contributed by atoms with Crippen LogP contribution in [0, 0.1) is 0 Å². The average Bonchev–Trinajstić information content (AvgIpc) is 2.78. The van der Waals surface area contributed by atoms with Crippen molar-refractivity contribution < 1.29 is 14.3 Å². The fourth-order valence-electron chi connectivity index (χ4n) is 2.95. The zero-order valence-corrected chi connectivity index (χ0v) is 12.9. The van der Waals surface area contributed by atoms with Crippen LogP contribution >= 0.6 is 0 Å². The molecule has 1 aliphatic rings. The lowest BCUT2D eigenvalue weighted by Crippen LogP contribution is -2.14. The maximum Gasteiger partial charge on any atom is 0.178 e. The first kappa shape index (κ1) is 14.5. The molecule has 0 atom stereocenters. The highest BCUT2D eigenvalue weighted by Gasteiger charge is 2.40. The van der Waals surface area contributed by atoms with E-state index in [2.05, 4.69) is 13.8 Å². The summed E-state index contributed by atoms with van der Waals surface area (Å²) in [6, 6.07) is 12.7. The Morgan fingerprint density at radius 1 is 0.955 bits per heavy atom. The monoisotopic (exact) mass is 294 g/mol. The highest BCUT2D eigenvalue weighted by atomic mass is 16.5. The molecule has 2 aromatic rings. The highest BCUT2D eigenvalue weighted by Crippen LogP contribution is 2.38. The van der Waals surface area contributed by atoms with E-state index in [1.807, 2.05) is 18.2 Å². The zero-order chi connectivity index (χ0) is 15.9. The molecule has 0 fully saturated rings. The normalized spacial score (nSPS) is 14.5. The van der Waals surface area contributed by atoms with Crippen molar-refractivity contribution in [3.05, 3.63) is 64.7 Å². The molecule has 1 aliphatic carbocycles. The van der Waals surface area contributed by atoms with Crippen molar-refractivity contribution in [2.75, 3.05) is 7.11 Å². The number of carbonyl (C=O) groups is 2.